The summed E-state index contributed by atoms with van der Waals surface area (Å²) in [6.45, 7) is 4.17. The van der Waals surface area contributed by atoms with Crippen molar-refractivity contribution in [1.29, 1.82) is 0 Å². The highest BCUT2D eigenvalue weighted by Crippen LogP contribution is 2.32. The van der Waals surface area contributed by atoms with Gasteiger partial charge in [0, 0.05) is 18.9 Å². The van der Waals surface area contributed by atoms with Gasteiger partial charge in [0.2, 0.25) is 5.91 Å². The second-order valence-corrected chi connectivity index (χ2v) is 5.47. The Morgan fingerprint density at radius 3 is 2.81 bits per heavy atom. The number of carbonyl (C=O) groups excluding carboxylic acids is 2. The maximum absolute atomic E-state index is 11.6. The smallest absolute Gasteiger partial charge is 0.267 e. The molecule has 2 N–H and O–H groups in total. The number of aromatic hydroxyl groups is 1. The molecule has 0 aromatic heterocycles. The maximum Gasteiger partial charge on any atom is 0.267 e. The molecular weight excluding hydrogens is 270 g/mol. The van der Waals surface area contributed by atoms with Crippen LogP contribution in [0.4, 0.5) is 0 Å². The largest absolute Gasteiger partial charge is 0.508 e. The maximum atomic E-state index is 11.6. The molecule has 1 aromatic rings. The zero-order chi connectivity index (χ0) is 15.4. The van der Waals surface area contributed by atoms with Crippen LogP contribution in [0.1, 0.15) is 51.0 Å². The van der Waals surface area contributed by atoms with Gasteiger partial charge in [-0.3, -0.25) is 14.9 Å². The van der Waals surface area contributed by atoms with Crippen molar-refractivity contribution in [3.8, 4) is 11.5 Å². The van der Waals surface area contributed by atoms with Crippen molar-refractivity contribution in [3.63, 3.8) is 0 Å². The molecule has 5 nitrogen and oxygen atoms in total. The molecule has 0 radical (unpaired) electrons. The fourth-order valence-electron chi connectivity index (χ4n) is 2.55. The Morgan fingerprint density at radius 2 is 2.19 bits per heavy atom. The van der Waals surface area contributed by atoms with Crippen LogP contribution < -0.4 is 10.1 Å². The van der Waals surface area contributed by atoms with Gasteiger partial charge in [0.25, 0.3) is 5.91 Å². The summed E-state index contributed by atoms with van der Waals surface area (Å²) in [4.78, 5) is 22.7. The number of ether oxygens (including phenoxy) is 1. The van der Waals surface area contributed by atoms with Crippen molar-refractivity contribution in [2.75, 3.05) is 0 Å². The van der Waals surface area contributed by atoms with Crippen molar-refractivity contribution in [2.24, 2.45) is 0 Å². The first-order valence-electron chi connectivity index (χ1n) is 7.34. The molecule has 114 valence electrons. The molecule has 0 bridgehead atoms. The molecule has 1 aliphatic heterocycles. The summed E-state index contributed by atoms with van der Waals surface area (Å²) in [7, 11) is 0. The standard InChI is InChI=1S/C16H21NO4/c1-3-4-10(2)12-6-5-11(9-13(12)18)21-14-7-8-15(19)17-16(14)20/h5-6,9-10,14,18H,3-4,7-8H2,1-2H3,(H,17,19,20). The molecule has 5 heteroatoms. The highest BCUT2D eigenvalue weighted by atomic mass is 16.5. The summed E-state index contributed by atoms with van der Waals surface area (Å²) in [6.07, 6.45) is 2.00. The van der Waals surface area contributed by atoms with Gasteiger partial charge in [0.1, 0.15) is 11.5 Å². The van der Waals surface area contributed by atoms with Crippen LogP contribution in [0, 0.1) is 0 Å². The van der Waals surface area contributed by atoms with E-state index < -0.39 is 12.0 Å². The summed E-state index contributed by atoms with van der Waals surface area (Å²) in [5, 5.41) is 12.3. The third-order valence-electron chi connectivity index (χ3n) is 3.72. The molecule has 1 aromatic carbocycles. The molecule has 1 saturated heterocycles. The van der Waals surface area contributed by atoms with E-state index in [0.29, 0.717) is 12.2 Å². The van der Waals surface area contributed by atoms with Crippen molar-refractivity contribution >= 4 is 11.8 Å². The van der Waals surface area contributed by atoms with E-state index in [1.54, 1.807) is 6.07 Å². The molecule has 0 spiro atoms. The van der Waals surface area contributed by atoms with E-state index in [2.05, 4.69) is 19.2 Å². The third-order valence-corrected chi connectivity index (χ3v) is 3.72. The van der Waals surface area contributed by atoms with Crippen LogP contribution in [-0.4, -0.2) is 23.0 Å². The monoisotopic (exact) mass is 291 g/mol. The van der Waals surface area contributed by atoms with Crippen LogP contribution in [0.15, 0.2) is 18.2 Å². The Bertz CT molecular complexity index is 541. The highest BCUT2D eigenvalue weighted by molar-refractivity contribution is 5.99. The molecular formula is C16H21NO4. The zero-order valence-corrected chi connectivity index (χ0v) is 12.4. The molecule has 1 aliphatic rings. The minimum atomic E-state index is -0.680. The lowest BCUT2D eigenvalue weighted by Gasteiger charge is -2.22. The predicted molar refractivity (Wildman–Crippen MR) is 78.2 cm³/mol. The number of amides is 2. The number of benzene rings is 1. The van der Waals surface area contributed by atoms with E-state index in [4.69, 9.17) is 4.74 Å². The Kier molecular flexibility index (Phi) is 4.83. The topological polar surface area (TPSA) is 75.6 Å². The van der Waals surface area contributed by atoms with Crippen LogP contribution in [0.5, 0.6) is 11.5 Å². The first kappa shape index (κ1) is 15.4. The lowest BCUT2D eigenvalue weighted by atomic mass is 9.95. The van der Waals surface area contributed by atoms with Gasteiger partial charge in [-0.15, -0.1) is 0 Å². The second kappa shape index (κ2) is 6.61. The lowest BCUT2D eigenvalue weighted by molar-refractivity contribution is -0.138. The van der Waals surface area contributed by atoms with Gasteiger partial charge < -0.3 is 9.84 Å². The minimum absolute atomic E-state index is 0.181. The predicted octanol–water partition coefficient (Wildman–Crippen LogP) is 2.48. The van der Waals surface area contributed by atoms with Crippen LogP contribution in [0.3, 0.4) is 0 Å². The van der Waals surface area contributed by atoms with Crippen molar-refractivity contribution < 1.29 is 19.4 Å². The fraction of sp³-hybridized carbons (Fsp3) is 0.500. The van der Waals surface area contributed by atoms with E-state index in [1.807, 2.05) is 6.07 Å². The van der Waals surface area contributed by atoms with Crippen LogP contribution in [0.25, 0.3) is 0 Å². The average molecular weight is 291 g/mol. The third kappa shape index (κ3) is 3.74. The number of phenolic OH excluding ortho intramolecular Hbond substituents is 1. The van der Waals surface area contributed by atoms with Gasteiger partial charge in [-0.2, -0.15) is 0 Å². The number of piperidine rings is 1. The summed E-state index contributed by atoms with van der Waals surface area (Å²) in [5.41, 5.74) is 0.882. The first-order valence-corrected chi connectivity index (χ1v) is 7.34. The molecule has 1 heterocycles. The summed E-state index contributed by atoms with van der Waals surface area (Å²) in [6, 6.07) is 5.12. The molecule has 2 unspecified atom stereocenters. The van der Waals surface area contributed by atoms with E-state index in [1.165, 1.54) is 6.07 Å². The highest BCUT2D eigenvalue weighted by Gasteiger charge is 2.28. The Hall–Kier alpha value is -2.04. The average Bonchev–Trinajstić information content (AvgIpc) is 2.42. The Balaban J connectivity index is 2.06. The van der Waals surface area contributed by atoms with Gasteiger partial charge in [-0.05, 0) is 24.0 Å². The number of phenols is 1. The van der Waals surface area contributed by atoms with E-state index in [9.17, 15) is 14.7 Å². The Labute approximate surface area is 124 Å². The molecule has 21 heavy (non-hydrogen) atoms. The molecule has 0 aliphatic carbocycles. The van der Waals surface area contributed by atoms with Gasteiger partial charge in [0.05, 0.1) is 0 Å². The van der Waals surface area contributed by atoms with Gasteiger partial charge >= 0.3 is 0 Å². The fourth-order valence-corrected chi connectivity index (χ4v) is 2.55. The van der Waals surface area contributed by atoms with Gasteiger partial charge in [-0.1, -0.05) is 26.3 Å². The quantitative estimate of drug-likeness (QED) is 0.817. The number of hydrogen-bond donors (Lipinski definition) is 2. The molecule has 1 fully saturated rings. The number of carbonyl (C=O) groups is 2. The number of rotatable bonds is 5. The number of hydrogen-bond acceptors (Lipinski definition) is 4. The van der Waals surface area contributed by atoms with Crippen molar-refractivity contribution in [2.45, 2.75) is 51.6 Å². The molecule has 2 amide bonds. The Morgan fingerprint density at radius 1 is 1.43 bits per heavy atom. The normalized spacial score (nSPS) is 20.0. The van der Waals surface area contributed by atoms with E-state index >= 15 is 0 Å². The van der Waals surface area contributed by atoms with Crippen LogP contribution in [0.2, 0.25) is 0 Å². The number of nitrogens with one attached hydrogen (secondary N) is 1. The van der Waals surface area contributed by atoms with Gasteiger partial charge in [0.15, 0.2) is 6.10 Å². The van der Waals surface area contributed by atoms with E-state index in [0.717, 1.165) is 18.4 Å². The van der Waals surface area contributed by atoms with Crippen molar-refractivity contribution in [1.82, 2.24) is 5.32 Å². The van der Waals surface area contributed by atoms with Crippen molar-refractivity contribution in [3.05, 3.63) is 23.8 Å². The van der Waals surface area contributed by atoms with Gasteiger partial charge in [-0.25, -0.2) is 0 Å². The first-order chi connectivity index (χ1) is 10.0. The second-order valence-electron chi connectivity index (χ2n) is 5.47. The summed E-state index contributed by atoms with van der Waals surface area (Å²) in [5.74, 6) is 0.204. The number of imide groups is 1. The molecule has 0 saturated carbocycles. The summed E-state index contributed by atoms with van der Waals surface area (Å²) < 4.78 is 5.57. The zero-order valence-electron chi connectivity index (χ0n) is 12.4. The summed E-state index contributed by atoms with van der Waals surface area (Å²) >= 11 is 0. The van der Waals surface area contributed by atoms with Crippen LogP contribution in [-0.2, 0) is 9.59 Å². The molecule has 2 rings (SSSR count). The minimum Gasteiger partial charge on any atom is -0.508 e. The van der Waals surface area contributed by atoms with Crippen LogP contribution >= 0.6 is 0 Å². The lowest BCUT2D eigenvalue weighted by Crippen LogP contribution is -2.46. The molecule has 2 atom stereocenters. The van der Waals surface area contributed by atoms with E-state index in [-0.39, 0.29) is 24.0 Å². The SMILES string of the molecule is CCCC(C)c1ccc(OC2CCC(=O)NC2=O)cc1O.